The van der Waals surface area contributed by atoms with Crippen LogP contribution in [0.1, 0.15) is 21.5 Å². The van der Waals surface area contributed by atoms with Crippen molar-refractivity contribution in [2.24, 2.45) is 0 Å². The van der Waals surface area contributed by atoms with Crippen LogP contribution >= 0.6 is 0 Å². The number of hydrogen-bond acceptors (Lipinski definition) is 3. The topological polar surface area (TPSA) is 60.8 Å². The summed E-state index contributed by atoms with van der Waals surface area (Å²) in [6, 6.07) is 11.8. The highest BCUT2D eigenvalue weighted by atomic mass is 16.3. The number of fused-ring (bicyclic) bond motifs is 1. The Hall–Kier alpha value is -2.49. The number of aromatic hydroxyl groups is 2. The second kappa shape index (κ2) is 4.31. The predicted octanol–water partition coefficient (Wildman–Crippen LogP) is 2.25. The van der Waals surface area contributed by atoms with Crippen molar-refractivity contribution >= 4 is 5.91 Å². The lowest BCUT2D eigenvalue weighted by Gasteiger charge is -2.15. The Morgan fingerprint density at radius 1 is 0.947 bits per heavy atom. The normalized spacial score (nSPS) is 13.4. The van der Waals surface area contributed by atoms with Gasteiger partial charge in [0.25, 0.3) is 5.91 Å². The predicted molar refractivity (Wildman–Crippen MR) is 69.8 cm³/mol. The lowest BCUT2D eigenvalue weighted by atomic mass is 10.1. The molecule has 0 aliphatic carbocycles. The number of phenolic OH excluding ortho intramolecular Hbond substituents is 2. The van der Waals surface area contributed by atoms with E-state index in [1.54, 1.807) is 4.90 Å². The van der Waals surface area contributed by atoms with Crippen LogP contribution in [0.5, 0.6) is 11.5 Å². The van der Waals surface area contributed by atoms with E-state index < -0.39 is 0 Å². The van der Waals surface area contributed by atoms with Gasteiger partial charge in [-0.1, -0.05) is 24.3 Å². The zero-order valence-corrected chi connectivity index (χ0v) is 10.2. The average Bonchev–Trinajstić information content (AvgIpc) is 2.80. The van der Waals surface area contributed by atoms with E-state index in [1.807, 2.05) is 24.3 Å². The zero-order valence-electron chi connectivity index (χ0n) is 10.2. The Balaban J connectivity index is 1.87. The van der Waals surface area contributed by atoms with Gasteiger partial charge in [0.1, 0.15) is 11.5 Å². The van der Waals surface area contributed by atoms with E-state index in [1.165, 1.54) is 18.2 Å². The number of carbonyl (C=O) groups excluding carboxylic acids is 1. The Kier molecular flexibility index (Phi) is 2.63. The molecule has 4 nitrogen and oxygen atoms in total. The third-order valence-corrected chi connectivity index (χ3v) is 3.28. The van der Waals surface area contributed by atoms with E-state index in [2.05, 4.69) is 0 Å². The van der Waals surface area contributed by atoms with Gasteiger partial charge in [-0.05, 0) is 23.3 Å². The number of amides is 1. The van der Waals surface area contributed by atoms with Crippen LogP contribution < -0.4 is 0 Å². The van der Waals surface area contributed by atoms with Crippen molar-refractivity contribution in [1.29, 1.82) is 0 Å². The first kappa shape index (κ1) is 11.6. The first-order chi connectivity index (χ1) is 9.13. The number of phenols is 2. The van der Waals surface area contributed by atoms with Crippen molar-refractivity contribution in [2.75, 3.05) is 0 Å². The third kappa shape index (κ3) is 2.12. The Morgan fingerprint density at radius 3 is 2.00 bits per heavy atom. The lowest BCUT2D eigenvalue weighted by molar-refractivity contribution is 0.0750. The minimum Gasteiger partial charge on any atom is -0.508 e. The number of carbonyl (C=O) groups is 1. The summed E-state index contributed by atoms with van der Waals surface area (Å²) < 4.78 is 0. The maximum absolute atomic E-state index is 12.3. The van der Waals surface area contributed by atoms with Crippen LogP contribution in [0.15, 0.2) is 42.5 Å². The SMILES string of the molecule is O=C(c1cc(O)cc(O)c1)N1Cc2ccccc2C1. The van der Waals surface area contributed by atoms with E-state index in [0.717, 1.165) is 11.1 Å². The molecule has 0 bridgehead atoms. The van der Waals surface area contributed by atoms with Crippen molar-refractivity contribution < 1.29 is 15.0 Å². The van der Waals surface area contributed by atoms with E-state index in [0.29, 0.717) is 18.7 Å². The zero-order chi connectivity index (χ0) is 13.4. The van der Waals surface area contributed by atoms with Crippen molar-refractivity contribution in [3.8, 4) is 11.5 Å². The van der Waals surface area contributed by atoms with Crippen molar-refractivity contribution in [1.82, 2.24) is 4.90 Å². The molecule has 0 aromatic heterocycles. The van der Waals surface area contributed by atoms with E-state index in [-0.39, 0.29) is 17.4 Å². The van der Waals surface area contributed by atoms with Gasteiger partial charge in [0, 0.05) is 24.7 Å². The molecule has 0 unspecified atom stereocenters. The number of nitrogens with zero attached hydrogens (tertiary/aromatic N) is 1. The molecule has 0 saturated heterocycles. The summed E-state index contributed by atoms with van der Waals surface area (Å²) in [5, 5.41) is 18.9. The smallest absolute Gasteiger partial charge is 0.254 e. The molecule has 0 radical (unpaired) electrons. The fraction of sp³-hybridized carbons (Fsp3) is 0.133. The summed E-state index contributed by atoms with van der Waals surface area (Å²) in [4.78, 5) is 14.0. The molecular formula is C15H13NO3. The maximum Gasteiger partial charge on any atom is 0.254 e. The molecule has 0 atom stereocenters. The number of rotatable bonds is 1. The van der Waals surface area contributed by atoms with Gasteiger partial charge in [0.05, 0.1) is 0 Å². The molecule has 2 aromatic rings. The van der Waals surface area contributed by atoms with Gasteiger partial charge in [-0.3, -0.25) is 4.79 Å². The molecule has 1 aliphatic rings. The summed E-state index contributed by atoms with van der Waals surface area (Å²) in [7, 11) is 0. The minimum absolute atomic E-state index is 0.111. The largest absolute Gasteiger partial charge is 0.508 e. The van der Waals surface area contributed by atoms with Crippen LogP contribution in [0.3, 0.4) is 0 Å². The second-order valence-electron chi connectivity index (χ2n) is 4.67. The third-order valence-electron chi connectivity index (χ3n) is 3.28. The summed E-state index contributed by atoms with van der Waals surface area (Å²) >= 11 is 0. The number of benzene rings is 2. The first-order valence-corrected chi connectivity index (χ1v) is 6.02. The monoisotopic (exact) mass is 255 g/mol. The highest BCUT2D eigenvalue weighted by molar-refractivity contribution is 5.95. The summed E-state index contributed by atoms with van der Waals surface area (Å²) in [5.74, 6) is -0.414. The molecule has 4 heteroatoms. The summed E-state index contributed by atoms with van der Waals surface area (Å²) in [6.45, 7) is 1.12. The van der Waals surface area contributed by atoms with Crippen molar-refractivity contribution in [2.45, 2.75) is 13.1 Å². The fourth-order valence-corrected chi connectivity index (χ4v) is 2.38. The molecule has 0 fully saturated rings. The summed E-state index contributed by atoms with van der Waals surface area (Å²) in [5.41, 5.74) is 2.57. The van der Waals surface area contributed by atoms with Crippen molar-refractivity contribution in [3.05, 3.63) is 59.2 Å². The Morgan fingerprint density at radius 2 is 1.47 bits per heavy atom. The van der Waals surface area contributed by atoms with Crippen LogP contribution in [0.2, 0.25) is 0 Å². The molecule has 1 amide bonds. The van der Waals surface area contributed by atoms with Crippen LogP contribution in [-0.4, -0.2) is 21.0 Å². The molecule has 2 aromatic carbocycles. The second-order valence-corrected chi connectivity index (χ2v) is 4.67. The molecule has 0 spiro atoms. The summed E-state index contributed by atoms with van der Waals surface area (Å²) in [6.07, 6.45) is 0. The fourth-order valence-electron chi connectivity index (χ4n) is 2.38. The molecule has 0 saturated carbocycles. The standard InChI is InChI=1S/C15H13NO3/c17-13-5-12(6-14(18)7-13)15(19)16-8-10-3-1-2-4-11(10)9-16/h1-7,17-18H,8-9H2. The van der Waals surface area contributed by atoms with Gasteiger partial charge in [0.15, 0.2) is 0 Å². The molecule has 96 valence electrons. The van der Waals surface area contributed by atoms with Crippen LogP contribution in [0.25, 0.3) is 0 Å². The van der Waals surface area contributed by atoms with E-state index in [9.17, 15) is 15.0 Å². The van der Waals surface area contributed by atoms with Gasteiger partial charge < -0.3 is 15.1 Å². The van der Waals surface area contributed by atoms with Gasteiger partial charge in [-0.25, -0.2) is 0 Å². The molecule has 3 rings (SSSR count). The van der Waals surface area contributed by atoms with Crippen molar-refractivity contribution in [3.63, 3.8) is 0 Å². The molecule has 1 heterocycles. The van der Waals surface area contributed by atoms with Crippen LogP contribution in [0.4, 0.5) is 0 Å². The highest BCUT2D eigenvalue weighted by Gasteiger charge is 2.24. The van der Waals surface area contributed by atoms with Gasteiger partial charge in [-0.2, -0.15) is 0 Å². The lowest BCUT2D eigenvalue weighted by Crippen LogP contribution is -2.25. The molecular weight excluding hydrogens is 242 g/mol. The van der Waals surface area contributed by atoms with Gasteiger partial charge >= 0.3 is 0 Å². The molecule has 1 aliphatic heterocycles. The van der Waals surface area contributed by atoms with Crippen LogP contribution in [-0.2, 0) is 13.1 Å². The highest BCUT2D eigenvalue weighted by Crippen LogP contribution is 2.26. The van der Waals surface area contributed by atoms with E-state index >= 15 is 0 Å². The maximum atomic E-state index is 12.3. The average molecular weight is 255 g/mol. The number of hydrogen-bond donors (Lipinski definition) is 2. The van der Waals surface area contributed by atoms with Gasteiger partial charge in [-0.15, -0.1) is 0 Å². The van der Waals surface area contributed by atoms with Gasteiger partial charge in [0.2, 0.25) is 0 Å². The van der Waals surface area contributed by atoms with Crippen LogP contribution in [0, 0.1) is 0 Å². The Labute approximate surface area is 110 Å². The molecule has 2 N–H and O–H groups in total. The van der Waals surface area contributed by atoms with E-state index in [4.69, 9.17) is 0 Å². The molecule has 19 heavy (non-hydrogen) atoms. The quantitative estimate of drug-likeness (QED) is 0.821. The first-order valence-electron chi connectivity index (χ1n) is 6.02. The minimum atomic E-state index is -0.192. The Bertz CT molecular complexity index is 606.